The summed E-state index contributed by atoms with van der Waals surface area (Å²) in [5.74, 6) is 0. The van der Waals surface area contributed by atoms with Crippen molar-refractivity contribution in [3.8, 4) is 0 Å². The van der Waals surface area contributed by atoms with Crippen LogP contribution in [0.5, 0.6) is 0 Å². The average molecular weight is 207 g/mol. The van der Waals surface area contributed by atoms with Crippen LogP contribution in [0.3, 0.4) is 0 Å². The Labute approximate surface area is 92.4 Å². The molecule has 2 N–H and O–H groups in total. The second-order valence-corrected chi connectivity index (χ2v) is 4.54. The summed E-state index contributed by atoms with van der Waals surface area (Å²) in [5.41, 5.74) is 7.54. The van der Waals surface area contributed by atoms with Crippen molar-refractivity contribution >= 4 is 5.69 Å². The molecule has 2 nitrogen and oxygen atoms in total. The molecular weight excluding hydrogens is 186 g/mol. The van der Waals surface area contributed by atoms with Gasteiger partial charge in [0.25, 0.3) is 0 Å². The van der Waals surface area contributed by atoms with Gasteiger partial charge in [-0.25, -0.2) is 0 Å². The highest BCUT2D eigenvalue weighted by Crippen LogP contribution is 2.26. The molecule has 0 aromatic heterocycles. The second-order valence-electron chi connectivity index (χ2n) is 4.54. The quantitative estimate of drug-likeness (QED) is 0.766. The number of benzene rings is 1. The lowest BCUT2D eigenvalue weighted by atomic mass is 10.0. The first kappa shape index (κ1) is 12.1. The van der Waals surface area contributed by atoms with Crippen molar-refractivity contribution in [3.05, 3.63) is 29.8 Å². The van der Waals surface area contributed by atoms with Gasteiger partial charge in [0.1, 0.15) is 0 Å². The number of ether oxygens (including phenoxy) is 1. The van der Waals surface area contributed by atoms with Gasteiger partial charge in [-0.3, -0.25) is 0 Å². The molecule has 84 valence electrons. The maximum Gasteiger partial charge on any atom is 0.0804 e. The summed E-state index contributed by atoms with van der Waals surface area (Å²) in [6.45, 7) is 8.43. The molecule has 1 aromatic carbocycles. The Morgan fingerprint density at radius 2 is 1.80 bits per heavy atom. The highest BCUT2D eigenvalue weighted by Gasteiger charge is 2.19. The number of nitrogens with two attached hydrogens (primary N) is 1. The Morgan fingerprint density at radius 1 is 1.27 bits per heavy atom. The van der Waals surface area contributed by atoms with E-state index in [2.05, 4.69) is 27.7 Å². The molecule has 0 saturated carbocycles. The van der Waals surface area contributed by atoms with Crippen LogP contribution in [0.2, 0.25) is 0 Å². The molecule has 0 bridgehead atoms. The van der Waals surface area contributed by atoms with Crippen molar-refractivity contribution in [2.24, 2.45) is 0 Å². The summed E-state index contributed by atoms with van der Waals surface area (Å²) >= 11 is 0. The molecule has 1 atom stereocenters. The number of nitrogen functional groups attached to an aromatic ring is 1. The van der Waals surface area contributed by atoms with Crippen molar-refractivity contribution in [1.82, 2.24) is 0 Å². The van der Waals surface area contributed by atoms with Gasteiger partial charge in [-0.2, -0.15) is 0 Å². The summed E-state index contributed by atoms with van der Waals surface area (Å²) < 4.78 is 5.97. The summed E-state index contributed by atoms with van der Waals surface area (Å²) in [6, 6.07) is 7.86. The fourth-order valence-corrected chi connectivity index (χ4v) is 1.40. The molecular formula is C13H21NO. The van der Waals surface area contributed by atoms with Gasteiger partial charge in [0.2, 0.25) is 0 Å². The minimum Gasteiger partial charge on any atom is -0.399 e. The van der Waals surface area contributed by atoms with Crippen molar-refractivity contribution in [2.45, 2.75) is 45.8 Å². The van der Waals surface area contributed by atoms with Crippen molar-refractivity contribution < 1.29 is 4.74 Å². The fraction of sp³-hybridized carbons (Fsp3) is 0.538. The third kappa shape index (κ3) is 3.56. The first-order valence-corrected chi connectivity index (χ1v) is 5.48. The first-order valence-electron chi connectivity index (χ1n) is 5.48. The number of rotatable bonds is 4. The third-order valence-electron chi connectivity index (χ3n) is 2.75. The lowest BCUT2D eigenvalue weighted by Gasteiger charge is -2.28. The summed E-state index contributed by atoms with van der Waals surface area (Å²) in [6.07, 6.45) is 1.12. The second kappa shape index (κ2) is 4.67. The first-order chi connectivity index (χ1) is 6.94. The molecule has 0 spiro atoms. The Kier molecular flexibility index (Phi) is 3.75. The molecule has 0 heterocycles. The molecule has 0 radical (unpaired) electrons. The Bertz CT molecular complexity index is 303. The monoisotopic (exact) mass is 207 g/mol. The van der Waals surface area contributed by atoms with Crippen LogP contribution in [-0.2, 0) is 4.74 Å². The minimum absolute atomic E-state index is 0.0686. The highest BCUT2D eigenvalue weighted by molar-refractivity contribution is 5.39. The SMILES string of the molecule is CCC(C)(C)OC(C)c1ccc(N)cc1. The zero-order valence-electron chi connectivity index (χ0n) is 10.1. The van der Waals surface area contributed by atoms with Gasteiger partial charge in [0.15, 0.2) is 0 Å². The standard InChI is InChI=1S/C13H21NO/c1-5-13(3,4)15-10(2)11-6-8-12(14)9-7-11/h6-10H,5,14H2,1-4H3. The van der Waals surface area contributed by atoms with Crippen LogP contribution in [0, 0.1) is 0 Å². The van der Waals surface area contributed by atoms with Crippen LogP contribution in [-0.4, -0.2) is 5.60 Å². The van der Waals surface area contributed by atoms with E-state index in [9.17, 15) is 0 Å². The molecule has 0 amide bonds. The topological polar surface area (TPSA) is 35.2 Å². The maximum atomic E-state index is 5.97. The van der Waals surface area contributed by atoms with E-state index in [0.29, 0.717) is 0 Å². The largest absolute Gasteiger partial charge is 0.399 e. The lowest BCUT2D eigenvalue weighted by Crippen LogP contribution is -2.24. The molecule has 1 aromatic rings. The Morgan fingerprint density at radius 3 is 2.27 bits per heavy atom. The Balaban J connectivity index is 2.69. The Hall–Kier alpha value is -1.02. The van der Waals surface area contributed by atoms with Crippen molar-refractivity contribution in [1.29, 1.82) is 0 Å². The average Bonchev–Trinajstić information content (AvgIpc) is 2.18. The van der Waals surface area contributed by atoms with Crippen LogP contribution >= 0.6 is 0 Å². The van der Waals surface area contributed by atoms with Gasteiger partial charge in [-0.1, -0.05) is 19.1 Å². The normalized spacial score (nSPS) is 13.9. The van der Waals surface area contributed by atoms with E-state index in [4.69, 9.17) is 10.5 Å². The van der Waals surface area contributed by atoms with E-state index >= 15 is 0 Å². The van der Waals surface area contributed by atoms with Gasteiger partial charge in [-0.15, -0.1) is 0 Å². The predicted octanol–water partition coefficient (Wildman–Crippen LogP) is 3.54. The van der Waals surface area contributed by atoms with Crippen molar-refractivity contribution in [3.63, 3.8) is 0 Å². The van der Waals surface area contributed by atoms with Crippen LogP contribution in [0.25, 0.3) is 0 Å². The molecule has 1 unspecified atom stereocenters. The molecule has 0 aliphatic heterocycles. The van der Waals surface area contributed by atoms with Gasteiger partial charge in [0, 0.05) is 5.69 Å². The smallest absolute Gasteiger partial charge is 0.0804 e. The van der Waals surface area contributed by atoms with Gasteiger partial charge in [-0.05, 0) is 44.9 Å². The minimum atomic E-state index is -0.0686. The van der Waals surface area contributed by atoms with E-state index in [1.54, 1.807) is 0 Å². The van der Waals surface area contributed by atoms with Crippen molar-refractivity contribution in [2.75, 3.05) is 5.73 Å². The summed E-state index contributed by atoms with van der Waals surface area (Å²) in [5, 5.41) is 0. The van der Waals surface area contributed by atoms with Crippen LogP contribution < -0.4 is 5.73 Å². The number of anilines is 1. The number of hydrogen-bond donors (Lipinski definition) is 1. The predicted molar refractivity (Wildman–Crippen MR) is 64.7 cm³/mol. The molecule has 15 heavy (non-hydrogen) atoms. The highest BCUT2D eigenvalue weighted by atomic mass is 16.5. The van der Waals surface area contributed by atoms with Crippen LogP contribution in [0.4, 0.5) is 5.69 Å². The maximum absolute atomic E-state index is 5.97. The van der Waals surface area contributed by atoms with E-state index in [0.717, 1.165) is 12.1 Å². The van der Waals surface area contributed by atoms with Gasteiger partial charge in [0.05, 0.1) is 11.7 Å². The lowest BCUT2D eigenvalue weighted by molar-refractivity contribution is -0.0673. The molecule has 2 heteroatoms. The number of hydrogen-bond acceptors (Lipinski definition) is 2. The van der Waals surface area contributed by atoms with Crippen LogP contribution in [0.1, 0.15) is 45.8 Å². The zero-order valence-corrected chi connectivity index (χ0v) is 10.1. The zero-order chi connectivity index (χ0) is 11.5. The molecule has 0 aliphatic carbocycles. The van der Waals surface area contributed by atoms with E-state index < -0.39 is 0 Å². The fourth-order valence-electron chi connectivity index (χ4n) is 1.40. The third-order valence-corrected chi connectivity index (χ3v) is 2.75. The van der Waals surface area contributed by atoms with E-state index in [-0.39, 0.29) is 11.7 Å². The van der Waals surface area contributed by atoms with E-state index in [1.807, 2.05) is 24.3 Å². The molecule has 0 saturated heterocycles. The summed E-state index contributed by atoms with van der Waals surface area (Å²) in [4.78, 5) is 0. The van der Waals surface area contributed by atoms with Gasteiger partial charge < -0.3 is 10.5 Å². The van der Waals surface area contributed by atoms with Crippen LogP contribution in [0.15, 0.2) is 24.3 Å². The molecule has 0 aliphatic rings. The van der Waals surface area contributed by atoms with E-state index in [1.165, 1.54) is 5.56 Å². The van der Waals surface area contributed by atoms with Gasteiger partial charge >= 0.3 is 0 Å². The molecule has 0 fully saturated rings. The summed E-state index contributed by atoms with van der Waals surface area (Å²) in [7, 11) is 0. The molecule has 1 rings (SSSR count).